The number of fused-ring (bicyclic) bond motifs is 1. The Bertz CT molecular complexity index is 695. The van der Waals surface area contributed by atoms with Crippen LogP contribution in [-0.2, 0) is 6.42 Å². The van der Waals surface area contributed by atoms with Gasteiger partial charge in [-0.15, -0.1) is 11.3 Å². The van der Waals surface area contributed by atoms with Gasteiger partial charge in [0.05, 0.1) is 32.0 Å². The average Bonchev–Trinajstić information content (AvgIpc) is 2.88. The molecule has 20 heavy (non-hydrogen) atoms. The minimum absolute atomic E-state index is 0.149. The molecule has 0 aliphatic heterocycles. The van der Waals surface area contributed by atoms with Crippen molar-refractivity contribution < 1.29 is 0 Å². The number of hydrogen-bond acceptors (Lipinski definition) is 5. The van der Waals surface area contributed by atoms with Crippen LogP contribution >= 0.6 is 22.9 Å². The van der Waals surface area contributed by atoms with Gasteiger partial charge in [0.2, 0.25) is 0 Å². The van der Waals surface area contributed by atoms with E-state index in [4.69, 9.17) is 17.4 Å². The molecule has 3 rings (SSSR count). The van der Waals surface area contributed by atoms with E-state index >= 15 is 0 Å². The fourth-order valence-electron chi connectivity index (χ4n) is 2.07. The average molecular weight is 305 g/mol. The van der Waals surface area contributed by atoms with E-state index in [0.29, 0.717) is 11.4 Å². The van der Waals surface area contributed by atoms with Gasteiger partial charge >= 0.3 is 0 Å². The lowest BCUT2D eigenvalue weighted by Crippen LogP contribution is -2.30. The number of hydrazine groups is 1. The molecule has 0 radical (unpaired) electrons. The summed E-state index contributed by atoms with van der Waals surface area (Å²) in [5, 5.41) is 1.62. The minimum Gasteiger partial charge on any atom is -0.271 e. The molecule has 0 saturated heterocycles. The maximum Gasteiger partial charge on any atom is 0.0958 e. The first-order valence-corrected chi connectivity index (χ1v) is 7.38. The highest BCUT2D eigenvalue weighted by atomic mass is 35.5. The Labute approximate surface area is 125 Å². The standard InChI is InChI=1S/C14H13ClN4S/c15-9-4-3-7-17-14(9)11(19-16)8-13-18-10-5-1-2-6-12(10)20-13/h1-7,11,19H,8,16H2. The third-order valence-electron chi connectivity index (χ3n) is 3.04. The number of aromatic nitrogens is 2. The van der Waals surface area contributed by atoms with Gasteiger partial charge in [-0.25, -0.2) is 4.98 Å². The largest absolute Gasteiger partial charge is 0.271 e. The summed E-state index contributed by atoms with van der Waals surface area (Å²) in [6.45, 7) is 0. The monoisotopic (exact) mass is 304 g/mol. The zero-order valence-corrected chi connectivity index (χ0v) is 12.2. The topological polar surface area (TPSA) is 63.8 Å². The molecule has 0 saturated carbocycles. The van der Waals surface area contributed by atoms with Crippen LogP contribution in [0.4, 0.5) is 0 Å². The van der Waals surface area contributed by atoms with Crippen molar-refractivity contribution in [2.75, 3.05) is 0 Å². The third-order valence-corrected chi connectivity index (χ3v) is 4.41. The van der Waals surface area contributed by atoms with Crippen molar-refractivity contribution >= 4 is 33.2 Å². The molecule has 0 aliphatic rings. The SMILES string of the molecule is NNC(Cc1nc2ccccc2s1)c1ncccc1Cl. The summed E-state index contributed by atoms with van der Waals surface area (Å²) in [5.74, 6) is 5.64. The van der Waals surface area contributed by atoms with E-state index in [9.17, 15) is 0 Å². The van der Waals surface area contributed by atoms with E-state index < -0.39 is 0 Å². The number of halogens is 1. The van der Waals surface area contributed by atoms with Crippen LogP contribution in [0.5, 0.6) is 0 Å². The molecule has 102 valence electrons. The quantitative estimate of drug-likeness (QED) is 0.574. The predicted molar refractivity (Wildman–Crippen MR) is 82.6 cm³/mol. The number of thiazole rings is 1. The van der Waals surface area contributed by atoms with Crippen LogP contribution in [0.2, 0.25) is 5.02 Å². The van der Waals surface area contributed by atoms with Gasteiger partial charge in [-0.05, 0) is 24.3 Å². The van der Waals surface area contributed by atoms with Crippen LogP contribution in [0.15, 0.2) is 42.6 Å². The molecule has 6 heteroatoms. The Morgan fingerprint density at radius 2 is 2.10 bits per heavy atom. The summed E-state index contributed by atoms with van der Waals surface area (Å²) in [6.07, 6.45) is 2.37. The van der Waals surface area contributed by atoms with Crippen molar-refractivity contribution in [3.8, 4) is 0 Å². The van der Waals surface area contributed by atoms with Crippen LogP contribution < -0.4 is 11.3 Å². The van der Waals surface area contributed by atoms with E-state index in [1.807, 2.05) is 24.3 Å². The first-order chi connectivity index (χ1) is 9.78. The predicted octanol–water partition coefficient (Wildman–Crippen LogP) is 3.09. The van der Waals surface area contributed by atoms with Gasteiger partial charge in [-0.1, -0.05) is 23.7 Å². The molecule has 0 fully saturated rings. The Hall–Kier alpha value is -1.53. The Morgan fingerprint density at radius 1 is 1.25 bits per heavy atom. The van der Waals surface area contributed by atoms with Crippen LogP contribution in [0.3, 0.4) is 0 Å². The second kappa shape index (κ2) is 5.85. The van der Waals surface area contributed by atoms with Crippen molar-refractivity contribution in [2.45, 2.75) is 12.5 Å². The van der Waals surface area contributed by atoms with Crippen molar-refractivity contribution in [1.29, 1.82) is 0 Å². The van der Waals surface area contributed by atoms with E-state index in [1.54, 1.807) is 23.6 Å². The first kappa shape index (κ1) is 13.5. The molecule has 2 aromatic heterocycles. The highest BCUT2D eigenvalue weighted by Gasteiger charge is 2.17. The number of para-hydroxylation sites is 1. The highest BCUT2D eigenvalue weighted by Crippen LogP contribution is 2.27. The second-order valence-electron chi connectivity index (χ2n) is 4.37. The summed E-state index contributed by atoms with van der Waals surface area (Å²) < 4.78 is 1.17. The second-order valence-corrected chi connectivity index (χ2v) is 5.89. The molecule has 1 aromatic carbocycles. The van der Waals surface area contributed by atoms with Gasteiger partial charge in [0.15, 0.2) is 0 Å². The molecule has 4 nitrogen and oxygen atoms in total. The summed E-state index contributed by atoms with van der Waals surface area (Å²) in [4.78, 5) is 8.91. The first-order valence-electron chi connectivity index (χ1n) is 6.19. The van der Waals surface area contributed by atoms with Crippen molar-refractivity contribution in [3.05, 3.63) is 58.3 Å². The zero-order valence-electron chi connectivity index (χ0n) is 10.6. The maximum absolute atomic E-state index is 6.17. The fourth-order valence-corrected chi connectivity index (χ4v) is 3.34. The van der Waals surface area contributed by atoms with Crippen LogP contribution in [0.25, 0.3) is 10.2 Å². The maximum atomic E-state index is 6.17. The highest BCUT2D eigenvalue weighted by molar-refractivity contribution is 7.18. The molecule has 3 aromatic rings. The molecular formula is C14H13ClN4S. The molecule has 0 spiro atoms. The van der Waals surface area contributed by atoms with Gasteiger partial charge in [0.25, 0.3) is 0 Å². The number of nitrogens with two attached hydrogens (primary N) is 1. The van der Waals surface area contributed by atoms with Gasteiger partial charge in [0, 0.05) is 12.6 Å². The Morgan fingerprint density at radius 3 is 2.85 bits per heavy atom. The van der Waals surface area contributed by atoms with Gasteiger partial charge in [-0.3, -0.25) is 16.3 Å². The molecule has 2 heterocycles. The number of pyridine rings is 1. The molecule has 1 atom stereocenters. The van der Waals surface area contributed by atoms with Gasteiger partial charge in [0.1, 0.15) is 0 Å². The molecule has 0 amide bonds. The third kappa shape index (κ3) is 2.66. The number of rotatable bonds is 4. The number of hydrogen-bond donors (Lipinski definition) is 2. The Kier molecular flexibility index (Phi) is 3.93. The van der Waals surface area contributed by atoms with Crippen molar-refractivity contribution in [1.82, 2.24) is 15.4 Å². The van der Waals surface area contributed by atoms with Crippen LogP contribution in [-0.4, -0.2) is 9.97 Å². The lowest BCUT2D eigenvalue weighted by molar-refractivity contribution is 0.538. The van der Waals surface area contributed by atoms with E-state index in [0.717, 1.165) is 16.2 Å². The lowest BCUT2D eigenvalue weighted by atomic mass is 10.1. The summed E-state index contributed by atoms with van der Waals surface area (Å²) in [7, 11) is 0. The van der Waals surface area contributed by atoms with Gasteiger partial charge in [-0.2, -0.15) is 0 Å². The van der Waals surface area contributed by atoms with Crippen LogP contribution in [0.1, 0.15) is 16.7 Å². The van der Waals surface area contributed by atoms with Crippen molar-refractivity contribution in [2.24, 2.45) is 5.84 Å². The summed E-state index contributed by atoms with van der Waals surface area (Å²) in [5.41, 5.74) is 4.53. The van der Waals surface area contributed by atoms with Crippen LogP contribution in [0, 0.1) is 0 Å². The number of nitrogens with one attached hydrogen (secondary N) is 1. The molecule has 0 aliphatic carbocycles. The Balaban J connectivity index is 1.90. The zero-order chi connectivity index (χ0) is 13.9. The van der Waals surface area contributed by atoms with Crippen molar-refractivity contribution in [3.63, 3.8) is 0 Å². The number of benzene rings is 1. The molecule has 1 unspecified atom stereocenters. The molecular weight excluding hydrogens is 292 g/mol. The fraction of sp³-hybridized carbons (Fsp3) is 0.143. The number of nitrogens with zero attached hydrogens (tertiary/aromatic N) is 2. The molecule has 0 bridgehead atoms. The summed E-state index contributed by atoms with van der Waals surface area (Å²) >= 11 is 7.83. The smallest absolute Gasteiger partial charge is 0.0958 e. The minimum atomic E-state index is -0.149. The van der Waals surface area contributed by atoms with Gasteiger partial charge < -0.3 is 0 Å². The normalized spacial score (nSPS) is 12.7. The molecule has 3 N–H and O–H groups in total. The summed E-state index contributed by atoms with van der Waals surface area (Å²) in [6, 6.07) is 11.5. The lowest BCUT2D eigenvalue weighted by Gasteiger charge is -2.14. The van der Waals surface area contributed by atoms with E-state index in [-0.39, 0.29) is 6.04 Å². The van der Waals surface area contributed by atoms with E-state index in [2.05, 4.69) is 21.5 Å². The van der Waals surface area contributed by atoms with E-state index in [1.165, 1.54) is 4.70 Å².